The molecular formula is C19H21N3O2. The number of nitrogens with one attached hydrogen (secondary N) is 1. The Morgan fingerprint density at radius 3 is 2.75 bits per heavy atom. The number of methoxy groups -OCH3 is 1. The molecule has 0 bridgehead atoms. The van der Waals surface area contributed by atoms with E-state index in [1.165, 1.54) is 5.56 Å². The first-order valence-corrected chi connectivity index (χ1v) is 8.25. The van der Waals surface area contributed by atoms with Gasteiger partial charge in [0, 0.05) is 44.5 Å². The molecule has 2 aliphatic heterocycles. The third-order valence-electron chi connectivity index (χ3n) is 4.45. The van der Waals surface area contributed by atoms with E-state index < -0.39 is 0 Å². The molecule has 2 aromatic rings. The summed E-state index contributed by atoms with van der Waals surface area (Å²) in [5.74, 6) is 2.36. The predicted molar refractivity (Wildman–Crippen MR) is 96.6 cm³/mol. The third kappa shape index (κ3) is 2.71. The van der Waals surface area contributed by atoms with Gasteiger partial charge in [0.15, 0.2) is 5.75 Å². The standard InChI is InChI=1S/C19H21N3O2/c1-13-3-4-18-16(9-13)21-12-15-17(22-7-5-20-6-8-22)10-14(23-2)11-19(15)24-18/h3-4,9-12,20H,5-8H2,1-2H3. The number of rotatable bonds is 2. The average Bonchev–Trinajstić information content (AvgIpc) is 2.80. The molecule has 1 N–H and O–H groups in total. The number of benzene rings is 2. The molecule has 1 saturated heterocycles. The van der Waals surface area contributed by atoms with Gasteiger partial charge in [-0.05, 0) is 24.6 Å². The second kappa shape index (κ2) is 6.17. The summed E-state index contributed by atoms with van der Waals surface area (Å²) < 4.78 is 11.7. The van der Waals surface area contributed by atoms with E-state index in [2.05, 4.69) is 28.2 Å². The maximum atomic E-state index is 6.18. The van der Waals surface area contributed by atoms with Gasteiger partial charge in [-0.1, -0.05) is 6.07 Å². The number of aliphatic imine (C=N–C) groups is 1. The maximum absolute atomic E-state index is 6.18. The molecule has 24 heavy (non-hydrogen) atoms. The zero-order chi connectivity index (χ0) is 16.5. The topological polar surface area (TPSA) is 46.1 Å². The van der Waals surface area contributed by atoms with E-state index in [0.717, 1.165) is 60.4 Å². The smallest absolute Gasteiger partial charge is 0.153 e. The number of aryl methyl sites for hydroxylation is 1. The molecule has 0 unspecified atom stereocenters. The van der Waals surface area contributed by atoms with Crippen molar-refractivity contribution in [2.75, 3.05) is 38.2 Å². The van der Waals surface area contributed by atoms with Crippen molar-refractivity contribution in [3.63, 3.8) is 0 Å². The number of fused-ring (bicyclic) bond motifs is 2. The molecular weight excluding hydrogens is 302 g/mol. The van der Waals surface area contributed by atoms with Crippen molar-refractivity contribution in [1.82, 2.24) is 5.32 Å². The second-order valence-corrected chi connectivity index (χ2v) is 6.13. The Kier molecular flexibility index (Phi) is 3.86. The lowest BCUT2D eigenvalue weighted by Crippen LogP contribution is -2.43. The van der Waals surface area contributed by atoms with Gasteiger partial charge in [0.25, 0.3) is 0 Å². The molecule has 0 radical (unpaired) electrons. The van der Waals surface area contributed by atoms with Crippen molar-refractivity contribution in [1.29, 1.82) is 0 Å². The third-order valence-corrected chi connectivity index (χ3v) is 4.45. The predicted octanol–water partition coefficient (Wildman–Crippen LogP) is 3.27. The Hall–Kier alpha value is -2.53. The molecule has 5 heteroatoms. The summed E-state index contributed by atoms with van der Waals surface area (Å²) in [4.78, 5) is 7.02. The number of hydrogen-bond donors (Lipinski definition) is 1. The normalized spacial score (nSPS) is 16.0. The van der Waals surface area contributed by atoms with Crippen molar-refractivity contribution < 1.29 is 9.47 Å². The molecule has 5 nitrogen and oxygen atoms in total. The first-order chi connectivity index (χ1) is 11.7. The van der Waals surface area contributed by atoms with E-state index in [9.17, 15) is 0 Å². The van der Waals surface area contributed by atoms with Crippen LogP contribution in [-0.2, 0) is 0 Å². The molecule has 0 aliphatic carbocycles. The summed E-state index contributed by atoms with van der Waals surface area (Å²) in [7, 11) is 1.69. The Labute approximate surface area is 141 Å². The molecule has 2 aliphatic rings. The quantitative estimate of drug-likeness (QED) is 0.786. The SMILES string of the molecule is COc1cc2c(c(N3CCNCC3)c1)C=Nc1cc(C)ccc1O2. The molecule has 0 amide bonds. The van der Waals surface area contributed by atoms with Crippen LogP contribution >= 0.6 is 0 Å². The Bertz CT molecular complexity index is 795. The number of piperazine rings is 1. The van der Waals surface area contributed by atoms with Gasteiger partial charge in [-0.3, -0.25) is 4.99 Å². The summed E-state index contributed by atoms with van der Waals surface area (Å²) >= 11 is 0. The molecule has 0 aromatic heterocycles. The minimum absolute atomic E-state index is 0.773. The lowest BCUT2D eigenvalue weighted by molar-refractivity contribution is 0.409. The molecule has 0 spiro atoms. The zero-order valence-corrected chi connectivity index (χ0v) is 14.0. The summed E-state index contributed by atoms with van der Waals surface area (Å²) in [5.41, 5.74) is 4.14. The zero-order valence-electron chi connectivity index (χ0n) is 14.0. The molecule has 4 rings (SSSR count). The van der Waals surface area contributed by atoms with Crippen LogP contribution in [-0.4, -0.2) is 39.5 Å². The molecule has 0 atom stereocenters. The van der Waals surface area contributed by atoms with Crippen LogP contribution in [0.25, 0.3) is 0 Å². The van der Waals surface area contributed by atoms with Gasteiger partial charge in [-0.2, -0.15) is 0 Å². The summed E-state index contributed by atoms with van der Waals surface area (Å²) in [6.45, 7) is 5.93. The summed E-state index contributed by atoms with van der Waals surface area (Å²) in [6.07, 6.45) is 1.91. The number of ether oxygens (including phenoxy) is 2. The fourth-order valence-corrected chi connectivity index (χ4v) is 3.15. The Morgan fingerprint density at radius 2 is 1.96 bits per heavy atom. The van der Waals surface area contributed by atoms with Crippen LogP contribution in [0.4, 0.5) is 11.4 Å². The molecule has 2 aromatic carbocycles. The number of anilines is 1. The van der Waals surface area contributed by atoms with Gasteiger partial charge in [-0.25, -0.2) is 0 Å². The minimum atomic E-state index is 0.773. The monoisotopic (exact) mass is 323 g/mol. The fraction of sp³-hybridized carbons (Fsp3) is 0.316. The lowest BCUT2D eigenvalue weighted by Gasteiger charge is -2.31. The van der Waals surface area contributed by atoms with Crippen LogP contribution in [0.5, 0.6) is 17.2 Å². The van der Waals surface area contributed by atoms with Crippen LogP contribution in [0.15, 0.2) is 35.3 Å². The highest BCUT2D eigenvalue weighted by Crippen LogP contribution is 2.41. The van der Waals surface area contributed by atoms with Crippen LogP contribution < -0.4 is 19.7 Å². The average molecular weight is 323 g/mol. The van der Waals surface area contributed by atoms with E-state index in [0.29, 0.717) is 0 Å². The van der Waals surface area contributed by atoms with Crippen molar-refractivity contribution in [2.45, 2.75) is 6.92 Å². The highest BCUT2D eigenvalue weighted by molar-refractivity contribution is 5.95. The van der Waals surface area contributed by atoms with E-state index in [1.54, 1.807) is 7.11 Å². The summed E-state index contributed by atoms with van der Waals surface area (Å²) in [5, 5.41) is 3.39. The van der Waals surface area contributed by atoms with Crippen molar-refractivity contribution >= 4 is 17.6 Å². The van der Waals surface area contributed by atoms with Gasteiger partial charge in [0.1, 0.15) is 17.2 Å². The minimum Gasteiger partial charge on any atom is -0.497 e. The number of nitrogens with zero attached hydrogens (tertiary/aromatic N) is 2. The van der Waals surface area contributed by atoms with Gasteiger partial charge < -0.3 is 19.7 Å². The van der Waals surface area contributed by atoms with Crippen molar-refractivity contribution in [3.8, 4) is 17.2 Å². The Balaban J connectivity index is 1.83. The van der Waals surface area contributed by atoms with Crippen molar-refractivity contribution in [3.05, 3.63) is 41.5 Å². The first kappa shape index (κ1) is 15.0. The van der Waals surface area contributed by atoms with Gasteiger partial charge in [0.05, 0.1) is 18.4 Å². The Morgan fingerprint density at radius 1 is 1.12 bits per heavy atom. The van der Waals surface area contributed by atoms with Gasteiger partial charge >= 0.3 is 0 Å². The van der Waals surface area contributed by atoms with Crippen LogP contribution in [0.1, 0.15) is 11.1 Å². The van der Waals surface area contributed by atoms with E-state index in [-0.39, 0.29) is 0 Å². The van der Waals surface area contributed by atoms with Gasteiger partial charge in [-0.15, -0.1) is 0 Å². The highest BCUT2D eigenvalue weighted by Gasteiger charge is 2.21. The van der Waals surface area contributed by atoms with E-state index in [1.807, 2.05) is 30.5 Å². The summed E-state index contributed by atoms with van der Waals surface area (Å²) in [6, 6.07) is 10.1. The lowest BCUT2D eigenvalue weighted by atomic mass is 10.1. The molecule has 124 valence electrons. The fourth-order valence-electron chi connectivity index (χ4n) is 3.15. The van der Waals surface area contributed by atoms with Crippen LogP contribution in [0.2, 0.25) is 0 Å². The largest absolute Gasteiger partial charge is 0.497 e. The van der Waals surface area contributed by atoms with Gasteiger partial charge in [0.2, 0.25) is 0 Å². The van der Waals surface area contributed by atoms with E-state index in [4.69, 9.17) is 9.47 Å². The first-order valence-electron chi connectivity index (χ1n) is 8.25. The van der Waals surface area contributed by atoms with E-state index >= 15 is 0 Å². The van der Waals surface area contributed by atoms with Crippen molar-refractivity contribution in [2.24, 2.45) is 4.99 Å². The van der Waals surface area contributed by atoms with Crippen LogP contribution in [0.3, 0.4) is 0 Å². The molecule has 1 fully saturated rings. The second-order valence-electron chi connectivity index (χ2n) is 6.13. The maximum Gasteiger partial charge on any atom is 0.153 e. The molecule has 0 saturated carbocycles. The highest BCUT2D eigenvalue weighted by atomic mass is 16.5. The molecule has 2 heterocycles. The number of hydrogen-bond acceptors (Lipinski definition) is 5. The van der Waals surface area contributed by atoms with Crippen LogP contribution in [0, 0.1) is 6.92 Å².